The molecule has 3 aromatic rings. The van der Waals surface area contributed by atoms with Gasteiger partial charge in [0.15, 0.2) is 0 Å². The van der Waals surface area contributed by atoms with Crippen LogP contribution in [-0.4, -0.2) is 46.0 Å². The molecule has 0 fully saturated rings. The van der Waals surface area contributed by atoms with E-state index in [0.717, 1.165) is 4.90 Å². The van der Waals surface area contributed by atoms with E-state index >= 15 is 0 Å². The van der Waals surface area contributed by atoms with Crippen molar-refractivity contribution in [2.45, 2.75) is 12.5 Å². The summed E-state index contributed by atoms with van der Waals surface area (Å²) in [7, 11) is 1.41. The van der Waals surface area contributed by atoms with Crippen molar-refractivity contribution in [3.8, 4) is 0 Å². The predicted octanol–water partition coefficient (Wildman–Crippen LogP) is 3.78. The van der Waals surface area contributed by atoms with Crippen LogP contribution in [0.15, 0.2) is 76.4 Å². The topological polar surface area (TPSA) is 109 Å². The maximum Gasteiger partial charge on any atom is 0.269 e. The maximum atomic E-state index is 14.0. The lowest BCUT2D eigenvalue weighted by Gasteiger charge is -2.23. The molecule has 9 nitrogen and oxygen atoms in total. The molecular formula is C23H19FN4O5. The van der Waals surface area contributed by atoms with Crippen molar-refractivity contribution in [2.75, 3.05) is 13.6 Å². The van der Waals surface area contributed by atoms with E-state index < -0.39 is 28.6 Å². The zero-order chi connectivity index (χ0) is 23.5. The molecule has 0 bridgehead atoms. The first-order chi connectivity index (χ1) is 15.8. The molecule has 2 aromatic carbocycles. The van der Waals surface area contributed by atoms with Gasteiger partial charge < -0.3 is 9.32 Å². The largest absolute Gasteiger partial charge is 0.467 e. The maximum absolute atomic E-state index is 14.0. The summed E-state index contributed by atoms with van der Waals surface area (Å²) in [5, 5.41) is 16.6. The first-order valence-electron chi connectivity index (χ1n) is 10.0. The minimum atomic E-state index is -0.671. The van der Waals surface area contributed by atoms with Crippen LogP contribution >= 0.6 is 0 Å². The third kappa shape index (κ3) is 4.49. The lowest BCUT2D eigenvalue weighted by molar-refractivity contribution is -0.384. The van der Waals surface area contributed by atoms with Gasteiger partial charge in [-0.25, -0.2) is 9.40 Å². The smallest absolute Gasteiger partial charge is 0.269 e. The van der Waals surface area contributed by atoms with Crippen molar-refractivity contribution in [2.24, 2.45) is 5.10 Å². The highest BCUT2D eigenvalue weighted by Crippen LogP contribution is 2.33. The Morgan fingerprint density at radius 2 is 1.91 bits per heavy atom. The van der Waals surface area contributed by atoms with Crippen LogP contribution in [0.4, 0.5) is 10.1 Å². The zero-order valence-corrected chi connectivity index (χ0v) is 17.6. The number of carbonyl (C=O) groups is 2. The van der Waals surface area contributed by atoms with Gasteiger partial charge in [-0.1, -0.05) is 12.1 Å². The molecule has 10 heteroatoms. The van der Waals surface area contributed by atoms with Gasteiger partial charge in [0.2, 0.25) is 0 Å². The number of amides is 2. The highest BCUT2D eigenvalue weighted by Gasteiger charge is 2.35. The van der Waals surface area contributed by atoms with Gasteiger partial charge >= 0.3 is 0 Å². The van der Waals surface area contributed by atoms with Crippen LogP contribution in [-0.2, 0) is 4.79 Å². The van der Waals surface area contributed by atoms with Crippen LogP contribution < -0.4 is 0 Å². The molecule has 168 valence electrons. The average Bonchev–Trinajstić information content (AvgIpc) is 3.49. The molecule has 0 saturated heterocycles. The molecule has 1 aromatic heterocycles. The number of nitrogens with zero attached hydrogens (tertiary/aromatic N) is 4. The van der Waals surface area contributed by atoms with Crippen LogP contribution in [0, 0.1) is 15.9 Å². The van der Waals surface area contributed by atoms with Gasteiger partial charge in [0.05, 0.1) is 22.5 Å². The molecule has 4 rings (SSSR count). The van der Waals surface area contributed by atoms with Crippen LogP contribution in [0.25, 0.3) is 0 Å². The second-order valence-electron chi connectivity index (χ2n) is 7.47. The van der Waals surface area contributed by atoms with Gasteiger partial charge in [-0.15, -0.1) is 0 Å². The van der Waals surface area contributed by atoms with Crippen molar-refractivity contribution < 1.29 is 23.3 Å². The van der Waals surface area contributed by atoms with E-state index in [4.69, 9.17) is 4.42 Å². The highest BCUT2D eigenvalue weighted by molar-refractivity contribution is 6.03. The summed E-state index contributed by atoms with van der Waals surface area (Å²) >= 11 is 0. The Hall–Kier alpha value is -4.34. The predicted molar refractivity (Wildman–Crippen MR) is 116 cm³/mol. The quantitative estimate of drug-likeness (QED) is 0.419. The Bertz CT molecular complexity index is 1220. The summed E-state index contributed by atoms with van der Waals surface area (Å²) in [4.78, 5) is 37.3. The van der Waals surface area contributed by atoms with Gasteiger partial charge in [-0.05, 0) is 42.0 Å². The van der Waals surface area contributed by atoms with Crippen LogP contribution in [0.2, 0.25) is 0 Å². The Balaban J connectivity index is 1.57. The Morgan fingerprint density at radius 1 is 1.18 bits per heavy atom. The number of non-ortho nitro benzene ring substituents is 1. The van der Waals surface area contributed by atoms with Gasteiger partial charge in [0.25, 0.3) is 17.5 Å². The fraction of sp³-hybridized carbons (Fsp3) is 0.174. The third-order valence-corrected chi connectivity index (χ3v) is 5.27. The number of furan rings is 1. The van der Waals surface area contributed by atoms with Crippen LogP contribution in [0.3, 0.4) is 0 Å². The summed E-state index contributed by atoms with van der Waals surface area (Å²) in [6.45, 7) is -0.332. The summed E-state index contributed by atoms with van der Waals surface area (Å²) < 4.78 is 19.5. The summed E-state index contributed by atoms with van der Waals surface area (Å²) in [6.07, 6.45) is 1.80. The van der Waals surface area contributed by atoms with E-state index in [1.807, 2.05) is 0 Å². The van der Waals surface area contributed by atoms with Crippen molar-refractivity contribution in [3.63, 3.8) is 0 Å². The van der Waals surface area contributed by atoms with Crippen molar-refractivity contribution in [1.82, 2.24) is 9.91 Å². The number of hydrogen-bond acceptors (Lipinski definition) is 6. The second kappa shape index (κ2) is 9.03. The first kappa shape index (κ1) is 21.9. The molecule has 0 saturated carbocycles. The number of rotatable bonds is 6. The minimum absolute atomic E-state index is 0.0545. The molecular weight excluding hydrogens is 431 g/mol. The van der Waals surface area contributed by atoms with E-state index in [9.17, 15) is 24.1 Å². The highest BCUT2D eigenvalue weighted by atomic mass is 19.1. The van der Waals surface area contributed by atoms with E-state index in [1.54, 1.807) is 30.3 Å². The molecule has 33 heavy (non-hydrogen) atoms. The van der Waals surface area contributed by atoms with Gasteiger partial charge in [0.1, 0.15) is 24.2 Å². The van der Waals surface area contributed by atoms with Crippen molar-refractivity contribution in [1.29, 1.82) is 0 Å². The van der Waals surface area contributed by atoms with Gasteiger partial charge in [-0.3, -0.25) is 19.7 Å². The third-order valence-electron chi connectivity index (χ3n) is 5.27. The van der Waals surface area contributed by atoms with Crippen LogP contribution in [0.1, 0.15) is 34.1 Å². The van der Waals surface area contributed by atoms with Crippen molar-refractivity contribution >= 4 is 23.2 Å². The number of nitro groups is 1. The zero-order valence-electron chi connectivity index (χ0n) is 17.6. The molecule has 0 unspecified atom stereocenters. The van der Waals surface area contributed by atoms with E-state index in [0.29, 0.717) is 23.5 Å². The second-order valence-corrected chi connectivity index (χ2v) is 7.47. The number of hydrogen-bond donors (Lipinski definition) is 0. The lowest BCUT2D eigenvalue weighted by atomic mass is 10.0. The van der Waals surface area contributed by atoms with Gasteiger partial charge in [0, 0.05) is 25.6 Å². The number of hydrazone groups is 1. The van der Waals surface area contributed by atoms with Crippen LogP contribution in [0.5, 0.6) is 0 Å². The fourth-order valence-corrected chi connectivity index (χ4v) is 3.58. The minimum Gasteiger partial charge on any atom is -0.467 e. The number of halogens is 1. The van der Waals surface area contributed by atoms with E-state index in [1.165, 1.54) is 48.7 Å². The Morgan fingerprint density at radius 3 is 2.55 bits per heavy atom. The molecule has 1 atom stereocenters. The van der Waals surface area contributed by atoms with Gasteiger partial charge in [-0.2, -0.15) is 5.10 Å². The standard InChI is InChI=1S/C23H19FN4O5/c1-26(23(30)17-5-2-3-6-18(17)24)14-22(29)27-20(21-7-4-12-33-21)13-19(25-27)15-8-10-16(11-9-15)28(31)32/h2-12,20H,13-14H2,1H3/t20-/m0/s1. The normalized spacial score (nSPS) is 15.3. The summed E-state index contributed by atoms with van der Waals surface area (Å²) in [5.41, 5.74) is 0.985. The van der Waals surface area contributed by atoms with E-state index in [-0.39, 0.29) is 17.8 Å². The SMILES string of the molecule is CN(CC(=O)N1N=C(c2ccc([N+](=O)[O-])cc2)C[C@H]1c1ccco1)C(=O)c1ccccc1F. The molecule has 1 aliphatic rings. The number of likely N-dealkylation sites (N-methyl/N-ethyl adjacent to an activating group) is 1. The molecule has 0 radical (unpaired) electrons. The molecule has 2 heterocycles. The average molecular weight is 450 g/mol. The molecule has 0 N–H and O–H groups in total. The van der Waals surface area contributed by atoms with E-state index in [2.05, 4.69) is 5.10 Å². The number of carbonyl (C=O) groups excluding carboxylic acids is 2. The lowest BCUT2D eigenvalue weighted by Crippen LogP contribution is -2.39. The fourth-order valence-electron chi connectivity index (χ4n) is 3.58. The first-order valence-corrected chi connectivity index (χ1v) is 10.0. The van der Waals surface area contributed by atoms with Crippen molar-refractivity contribution in [3.05, 3.63) is 99.7 Å². The summed E-state index contributed by atoms with van der Waals surface area (Å²) in [6, 6.07) is 14.3. The Kier molecular flexibility index (Phi) is 5.99. The molecule has 0 aliphatic carbocycles. The molecule has 2 amide bonds. The summed E-state index contributed by atoms with van der Waals surface area (Å²) in [5.74, 6) is -1.28. The number of nitro benzene ring substituents is 1. The number of benzene rings is 2. The molecule has 1 aliphatic heterocycles. The Labute approximate surface area is 187 Å². The monoisotopic (exact) mass is 450 g/mol. The molecule has 0 spiro atoms.